The molecule has 0 N–H and O–H groups in total. The molecule has 0 bridgehead atoms. The van der Waals surface area contributed by atoms with Gasteiger partial charge in [-0.25, -0.2) is 8.42 Å². The van der Waals surface area contributed by atoms with Crippen LogP contribution in [-0.2, 0) is 14.8 Å². The Balaban J connectivity index is 1.60. The van der Waals surface area contributed by atoms with Crippen LogP contribution >= 0.6 is 0 Å². The van der Waals surface area contributed by atoms with Crippen molar-refractivity contribution in [1.29, 1.82) is 0 Å². The first-order valence-corrected chi connectivity index (χ1v) is 12.2. The number of benzene rings is 1. The van der Waals surface area contributed by atoms with E-state index in [-0.39, 0.29) is 11.9 Å². The van der Waals surface area contributed by atoms with Gasteiger partial charge in [0.1, 0.15) is 0 Å². The summed E-state index contributed by atoms with van der Waals surface area (Å²) < 4.78 is 27.6. The van der Waals surface area contributed by atoms with Crippen LogP contribution in [0.15, 0.2) is 23.1 Å². The van der Waals surface area contributed by atoms with Gasteiger partial charge in [-0.1, -0.05) is 25.3 Å². The third-order valence-corrected chi connectivity index (χ3v) is 8.66. The number of aryl methyl sites for hydroxylation is 2. The molecule has 162 valence electrons. The molecule has 6 nitrogen and oxygen atoms in total. The lowest BCUT2D eigenvalue weighted by molar-refractivity contribution is -0.138. The maximum Gasteiger partial charge on any atom is 0.243 e. The van der Waals surface area contributed by atoms with Crippen LogP contribution < -0.4 is 0 Å². The van der Waals surface area contributed by atoms with Crippen LogP contribution in [0.25, 0.3) is 0 Å². The fourth-order valence-corrected chi connectivity index (χ4v) is 5.96. The van der Waals surface area contributed by atoms with Crippen molar-refractivity contribution >= 4 is 15.9 Å². The molecule has 1 aliphatic carbocycles. The molecule has 7 heteroatoms. The van der Waals surface area contributed by atoms with E-state index < -0.39 is 10.0 Å². The van der Waals surface area contributed by atoms with E-state index in [1.807, 2.05) is 38.8 Å². The normalized spacial score (nSPS) is 21.1. The summed E-state index contributed by atoms with van der Waals surface area (Å²) in [4.78, 5) is 17.4. The van der Waals surface area contributed by atoms with Gasteiger partial charge in [0, 0.05) is 39.3 Å². The highest BCUT2D eigenvalue weighted by molar-refractivity contribution is 7.89. The fraction of sp³-hybridized carbons (Fsp3) is 0.682. The molecule has 1 amide bonds. The lowest BCUT2D eigenvalue weighted by atomic mass is 9.94. The van der Waals surface area contributed by atoms with Gasteiger partial charge in [-0.3, -0.25) is 9.69 Å². The Bertz CT molecular complexity index is 826. The molecule has 1 atom stereocenters. The Kier molecular flexibility index (Phi) is 7.02. The third kappa shape index (κ3) is 4.84. The molecule has 0 radical (unpaired) electrons. The summed E-state index contributed by atoms with van der Waals surface area (Å²) in [7, 11) is -1.57. The van der Waals surface area contributed by atoms with Crippen LogP contribution in [0.4, 0.5) is 0 Å². The predicted octanol–water partition coefficient (Wildman–Crippen LogP) is 2.79. The number of sulfonamides is 1. The van der Waals surface area contributed by atoms with Crippen molar-refractivity contribution in [2.24, 2.45) is 0 Å². The number of carbonyl (C=O) groups excluding carboxylic acids is 1. The predicted molar refractivity (Wildman–Crippen MR) is 115 cm³/mol. The molecule has 1 aromatic rings. The Hall–Kier alpha value is -1.44. The first-order valence-electron chi connectivity index (χ1n) is 10.8. The Morgan fingerprint density at radius 2 is 1.66 bits per heavy atom. The molecule has 2 fully saturated rings. The average molecular weight is 422 g/mol. The van der Waals surface area contributed by atoms with E-state index in [0.29, 0.717) is 37.1 Å². The number of piperazine rings is 1. The monoisotopic (exact) mass is 421 g/mol. The van der Waals surface area contributed by atoms with Gasteiger partial charge in [0.25, 0.3) is 0 Å². The summed E-state index contributed by atoms with van der Waals surface area (Å²) in [6.07, 6.45) is 5.86. The van der Waals surface area contributed by atoms with Crippen LogP contribution in [0.1, 0.15) is 50.2 Å². The van der Waals surface area contributed by atoms with E-state index in [1.165, 1.54) is 19.3 Å². The standard InChI is InChI=1S/C22H35N3O3S/c1-17-10-11-21(16-18(17)2)29(27,28)25-14-12-24(13-15-25)19(3)22(26)23(4)20-8-6-5-7-9-20/h10-11,16,19-20H,5-9,12-15H2,1-4H3/t19-/m0/s1. The van der Waals surface area contributed by atoms with Crippen molar-refractivity contribution in [2.45, 2.75) is 69.9 Å². The summed E-state index contributed by atoms with van der Waals surface area (Å²) in [6.45, 7) is 7.86. The molecule has 1 aliphatic heterocycles. The number of amides is 1. The van der Waals surface area contributed by atoms with E-state index in [4.69, 9.17) is 0 Å². The summed E-state index contributed by atoms with van der Waals surface area (Å²) >= 11 is 0. The van der Waals surface area contributed by atoms with E-state index in [1.54, 1.807) is 16.4 Å². The average Bonchev–Trinajstić information content (AvgIpc) is 2.74. The summed E-state index contributed by atoms with van der Waals surface area (Å²) in [6, 6.07) is 5.44. The molecule has 1 saturated heterocycles. The van der Waals surface area contributed by atoms with Gasteiger partial charge in [-0.15, -0.1) is 0 Å². The first-order chi connectivity index (χ1) is 13.7. The zero-order valence-corrected chi connectivity index (χ0v) is 19.0. The Morgan fingerprint density at radius 3 is 2.24 bits per heavy atom. The molecular formula is C22H35N3O3S. The van der Waals surface area contributed by atoms with Crippen LogP contribution in [0.5, 0.6) is 0 Å². The van der Waals surface area contributed by atoms with Crippen molar-refractivity contribution < 1.29 is 13.2 Å². The van der Waals surface area contributed by atoms with Gasteiger partial charge in [-0.05, 0) is 56.9 Å². The van der Waals surface area contributed by atoms with Crippen LogP contribution in [0.2, 0.25) is 0 Å². The highest BCUT2D eigenvalue weighted by Crippen LogP contribution is 2.24. The second-order valence-corrected chi connectivity index (χ2v) is 10.5. The lowest BCUT2D eigenvalue weighted by Gasteiger charge is -2.39. The quantitative estimate of drug-likeness (QED) is 0.734. The van der Waals surface area contributed by atoms with E-state index in [9.17, 15) is 13.2 Å². The van der Waals surface area contributed by atoms with Crippen molar-refractivity contribution in [3.8, 4) is 0 Å². The molecule has 1 heterocycles. The minimum Gasteiger partial charge on any atom is -0.341 e. The van der Waals surface area contributed by atoms with Crippen molar-refractivity contribution in [3.05, 3.63) is 29.3 Å². The van der Waals surface area contributed by atoms with Crippen LogP contribution in [-0.4, -0.2) is 73.7 Å². The summed E-state index contributed by atoms with van der Waals surface area (Å²) in [5.74, 6) is 0.155. The second-order valence-electron chi connectivity index (χ2n) is 8.60. The van der Waals surface area contributed by atoms with Crippen molar-refractivity contribution in [1.82, 2.24) is 14.1 Å². The number of rotatable bonds is 5. The van der Waals surface area contributed by atoms with E-state index in [2.05, 4.69) is 4.90 Å². The molecule has 1 aromatic carbocycles. The zero-order valence-electron chi connectivity index (χ0n) is 18.2. The molecule has 0 unspecified atom stereocenters. The minimum atomic E-state index is -3.49. The van der Waals surface area contributed by atoms with Gasteiger partial charge in [0.05, 0.1) is 10.9 Å². The highest BCUT2D eigenvalue weighted by atomic mass is 32.2. The molecular weight excluding hydrogens is 386 g/mol. The number of carbonyl (C=O) groups is 1. The van der Waals surface area contributed by atoms with Gasteiger partial charge in [-0.2, -0.15) is 4.31 Å². The Morgan fingerprint density at radius 1 is 1.03 bits per heavy atom. The number of likely N-dealkylation sites (N-methyl/N-ethyl adjacent to an activating group) is 1. The maximum absolute atomic E-state index is 13.0. The first kappa shape index (κ1) is 22.2. The van der Waals surface area contributed by atoms with Crippen molar-refractivity contribution in [2.75, 3.05) is 33.2 Å². The molecule has 2 aliphatic rings. The van der Waals surface area contributed by atoms with E-state index in [0.717, 1.165) is 24.0 Å². The Labute approximate surface area is 175 Å². The third-order valence-electron chi connectivity index (χ3n) is 6.76. The SMILES string of the molecule is Cc1ccc(S(=O)(=O)N2CCN([C@@H](C)C(=O)N(C)C3CCCCC3)CC2)cc1C. The smallest absolute Gasteiger partial charge is 0.243 e. The molecule has 29 heavy (non-hydrogen) atoms. The van der Waals surface area contributed by atoms with Crippen LogP contribution in [0, 0.1) is 13.8 Å². The zero-order chi connectivity index (χ0) is 21.2. The van der Waals surface area contributed by atoms with Crippen molar-refractivity contribution in [3.63, 3.8) is 0 Å². The van der Waals surface area contributed by atoms with Gasteiger partial charge in [0.2, 0.25) is 15.9 Å². The van der Waals surface area contributed by atoms with E-state index >= 15 is 0 Å². The lowest BCUT2D eigenvalue weighted by Crippen LogP contribution is -2.56. The second kappa shape index (κ2) is 9.14. The topological polar surface area (TPSA) is 60.9 Å². The number of nitrogens with zero attached hydrogens (tertiary/aromatic N) is 3. The molecule has 0 aromatic heterocycles. The fourth-order valence-electron chi connectivity index (χ4n) is 4.45. The van der Waals surface area contributed by atoms with Gasteiger partial charge >= 0.3 is 0 Å². The van der Waals surface area contributed by atoms with Gasteiger partial charge < -0.3 is 4.90 Å². The molecule has 3 rings (SSSR count). The highest BCUT2D eigenvalue weighted by Gasteiger charge is 2.34. The summed E-state index contributed by atoms with van der Waals surface area (Å²) in [5.41, 5.74) is 2.07. The maximum atomic E-state index is 13.0. The largest absolute Gasteiger partial charge is 0.341 e. The molecule has 0 spiro atoms. The van der Waals surface area contributed by atoms with Crippen LogP contribution in [0.3, 0.4) is 0 Å². The molecule has 1 saturated carbocycles. The number of hydrogen-bond donors (Lipinski definition) is 0. The summed E-state index contributed by atoms with van der Waals surface area (Å²) in [5, 5.41) is 0. The minimum absolute atomic E-state index is 0.155. The van der Waals surface area contributed by atoms with Gasteiger partial charge in [0.15, 0.2) is 0 Å². The number of hydrogen-bond acceptors (Lipinski definition) is 4.